The van der Waals surface area contributed by atoms with Gasteiger partial charge < -0.3 is 0 Å². The van der Waals surface area contributed by atoms with Crippen molar-refractivity contribution in [2.45, 2.75) is 6.61 Å². The molecular weight excluding hydrogens is 267 g/mol. The lowest BCUT2D eigenvalue weighted by molar-refractivity contribution is -0.0160. The molecule has 0 saturated carbocycles. The van der Waals surface area contributed by atoms with Gasteiger partial charge in [0.25, 0.3) is 8.16 Å². The van der Waals surface area contributed by atoms with Crippen LogP contribution in [-0.2, 0) is 0 Å². The van der Waals surface area contributed by atoms with Gasteiger partial charge in [-0.15, -0.1) is 13.0 Å². The highest BCUT2D eigenvalue weighted by molar-refractivity contribution is 7.55. The molecule has 1 rings (SSSR count). The van der Waals surface area contributed by atoms with Crippen molar-refractivity contribution in [3.05, 3.63) is 0 Å². The summed E-state index contributed by atoms with van der Waals surface area (Å²) in [6.45, 7) is -3.10. The lowest BCUT2D eigenvalue weighted by atomic mass is 11.5. The SMILES string of the molecule is COn1p(OC(F)F)npn(F)p1F. The molecule has 1 aromatic heterocycles. The molecule has 1 heterocycles. The van der Waals surface area contributed by atoms with E-state index in [9.17, 15) is 17.5 Å². The van der Waals surface area contributed by atoms with Crippen LogP contribution in [0.15, 0.2) is 0 Å². The fourth-order valence-electron chi connectivity index (χ4n) is 0.531. The second kappa shape index (κ2) is 5.14. The summed E-state index contributed by atoms with van der Waals surface area (Å²) in [7, 11) is -4.62. The molecule has 0 N–H and O–H groups in total. The summed E-state index contributed by atoms with van der Waals surface area (Å²) in [5.41, 5.74) is 0. The zero-order valence-corrected chi connectivity index (χ0v) is 9.27. The van der Waals surface area contributed by atoms with Crippen LogP contribution in [-0.4, -0.2) is 26.8 Å². The molecule has 2 unspecified atom stereocenters. The van der Waals surface area contributed by atoms with E-state index < -0.39 is 31.4 Å². The van der Waals surface area contributed by atoms with Crippen molar-refractivity contribution in [1.29, 1.82) is 0 Å². The lowest BCUT2D eigenvalue weighted by Gasteiger charge is -2.10. The van der Waals surface area contributed by atoms with Crippen molar-refractivity contribution in [2.75, 3.05) is 7.11 Å². The zero-order chi connectivity index (χ0) is 10.7. The topological polar surface area (TPSA) is 41.2 Å². The molecule has 0 aliphatic rings. The van der Waals surface area contributed by atoms with Crippen LogP contribution >= 0.6 is 24.7 Å². The predicted molar refractivity (Wildman–Crippen MR) is 43.9 cm³/mol. The third kappa shape index (κ3) is 2.72. The molecule has 0 spiro atoms. The highest BCUT2D eigenvalue weighted by Crippen LogP contribution is 2.38. The molecule has 0 radical (unpaired) electrons. The van der Waals surface area contributed by atoms with Crippen LogP contribution in [0.2, 0.25) is 0 Å². The molecule has 5 nitrogen and oxygen atoms in total. The zero-order valence-electron chi connectivity index (χ0n) is 6.59. The van der Waals surface area contributed by atoms with Crippen LogP contribution in [0, 0.1) is 0 Å². The Labute approximate surface area is 79.2 Å². The minimum Gasteiger partial charge on any atom is -0.260 e. The van der Waals surface area contributed by atoms with Gasteiger partial charge in [0.05, 0.1) is 7.11 Å². The van der Waals surface area contributed by atoms with Gasteiger partial charge in [-0.2, -0.15) is 8.78 Å². The van der Waals surface area contributed by atoms with Crippen LogP contribution in [0.25, 0.3) is 0 Å². The van der Waals surface area contributed by atoms with Crippen molar-refractivity contribution in [2.24, 2.45) is 0 Å². The van der Waals surface area contributed by atoms with Gasteiger partial charge in [-0.05, 0) is 0 Å². The van der Waals surface area contributed by atoms with Gasteiger partial charge >= 0.3 is 6.61 Å². The van der Waals surface area contributed by atoms with E-state index in [1.54, 1.807) is 0 Å². The van der Waals surface area contributed by atoms with Gasteiger partial charge in [-0.25, -0.2) is 4.52 Å². The number of halogens is 4. The average Bonchev–Trinajstić information content (AvgIpc) is 2.11. The first kappa shape index (κ1) is 12.0. The smallest absolute Gasteiger partial charge is 0.260 e. The van der Waals surface area contributed by atoms with E-state index in [1.165, 1.54) is 0 Å². The maximum atomic E-state index is 13.0. The number of alkyl halides is 2. The van der Waals surface area contributed by atoms with Gasteiger partial charge in [0.2, 0.25) is 8.08 Å². The molecule has 2 atom stereocenters. The molecule has 0 aromatic carbocycles. The molecule has 14 heavy (non-hydrogen) atoms. The Kier molecular flexibility index (Phi) is 4.41. The lowest BCUT2D eigenvalue weighted by Crippen LogP contribution is -2.10. The van der Waals surface area contributed by atoms with E-state index >= 15 is 0 Å². The summed E-state index contributed by atoms with van der Waals surface area (Å²) in [6, 6.07) is 0. The van der Waals surface area contributed by atoms with Crippen molar-refractivity contribution in [3.63, 3.8) is 0 Å². The van der Waals surface area contributed by atoms with Gasteiger partial charge in [-0.3, -0.25) is 4.84 Å². The summed E-state index contributed by atoms with van der Waals surface area (Å²) < 4.78 is 56.4. The van der Waals surface area contributed by atoms with Crippen LogP contribution in [0.3, 0.4) is 0 Å². The van der Waals surface area contributed by atoms with Crippen LogP contribution < -0.4 is 9.36 Å². The predicted octanol–water partition coefficient (Wildman–Crippen LogP) is 2.54. The molecule has 1 aromatic rings. The molecular formula is C2H4F4N3O2P3. The second-order valence-corrected chi connectivity index (χ2v) is 5.87. The van der Waals surface area contributed by atoms with E-state index in [-0.39, 0.29) is 4.31 Å². The Bertz CT molecular complexity index is 340. The number of rotatable bonds is 3. The van der Waals surface area contributed by atoms with E-state index in [2.05, 4.69) is 13.9 Å². The molecule has 12 heteroatoms. The first-order chi connectivity index (χ1) is 6.56. The van der Waals surface area contributed by atoms with Crippen LogP contribution in [0.4, 0.5) is 17.5 Å². The first-order valence-corrected chi connectivity index (χ1v) is 6.09. The third-order valence-corrected chi connectivity index (χ3v) is 5.14. The Morgan fingerprint density at radius 1 is 1.50 bits per heavy atom. The second-order valence-electron chi connectivity index (χ2n) is 1.71. The number of nitrogens with zero attached hydrogens (tertiary/aromatic N) is 3. The maximum absolute atomic E-state index is 13.0. The molecule has 0 fully saturated rings. The summed E-state index contributed by atoms with van der Waals surface area (Å²) >= 11 is 0. The van der Waals surface area contributed by atoms with E-state index in [0.29, 0.717) is 4.26 Å². The summed E-state index contributed by atoms with van der Waals surface area (Å²) in [5, 5.41) is 0. The highest BCUT2D eigenvalue weighted by Gasteiger charge is 2.15. The van der Waals surface area contributed by atoms with E-state index in [0.717, 1.165) is 7.11 Å². The molecule has 0 amide bonds. The molecule has 0 saturated heterocycles. The first-order valence-electron chi connectivity index (χ1n) is 2.98. The Hall–Kier alpha value is -0.0600. The summed E-state index contributed by atoms with van der Waals surface area (Å²) in [4.78, 5) is 4.37. The highest BCUT2D eigenvalue weighted by atomic mass is 31.2. The van der Waals surface area contributed by atoms with Crippen molar-refractivity contribution < 1.29 is 26.8 Å². The minimum absolute atomic E-state index is 0.271. The van der Waals surface area contributed by atoms with Crippen molar-refractivity contribution in [3.8, 4) is 0 Å². The number of hydrogen-bond donors (Lipinski definition) is 0. The van der Waals surface area contributed by atoms with Gasteiger partial charge in [0.15, 0.2) is 8.51 Å². The third-order valence-electron chi connectivity index (χ3n) is 0.951. The molecule has 82 valence electrons. The number of aromatic nitrogens is 3. The normalized spacial score (nSPS) is 14.1. The standard InChI is InChI=1S/C2H4F4N3O2P3/c1-10-9-13(6)8(5)12-7-14(9)11-2(3)4/h2H,1H3. The molecule has 0 aliphatic heterocycles. The van der Waals surface area contributed by atoms with Crippen LogP contribution in [0.1, 0.15) is 0 Å². The summed E-state index contributed by atoms with van der Waals surface area (Å²) in [6.07, 6.45) is 0. The van der Waals surface area contributed by atoms with Crippen LogP contribution in [0.5, 0.6) is 0 Å². The van der Waals surface area contributed by atoms with Gasteiger partial charge in [0.1, 0.15) is 0 Å². The monoisotopic (exact) mass is 271 g/mol. The number of hydrogen-bond acceptors (Lipinski definition) is 3. The fraction of sp³-hybridized carbons (Fsp3) is 1.00. The Balaban J connectivity index is 3.10. The van der Waals surface area contributed by atoms with Crippen molar-refractivity contribution >= 4 is 24.7 Å². The van der Waals surface area contributed by atoms with E-state index in [4.69, 9.17) is 0 Å². The largest absolute Gasteiger partial charge is 0.354 e. The quantitative estimate of drug-likeness (QED) is 0.793. The minimum atomic E-state index is -3.10. The summed E-state index contributed by atoms with van der Waals surface area (Å²) in [5.74, 6) is 0. The van der Waals surface area contributed by atoms with Gasteiger partial charge in [-0.1, -0.05) is 8.80 Å². The van der Waals surface area contributed by atoms with Crippen molar-refractivity contribution in [1.82, 2.24) is 13.1 Å². The van der Waals surface area contributed by atoms with Gasteiger partial charge in [0, 0.05) is 0 Å². The Morgan fingerprint density at radius 2 is 2.14 bits per heavy atom. The fourth-order valence-corrected chi connectivity index (χ4v) is 4.29. The Morgan fingerprint density at radius 3 is 2.64 bits per heavy atom. The average molecular weight is 271 g/mol. The maximum Gasteiger partial charge on any atom is 0.354 e. The van der Waals surface area contributed by atoms with E-state index in [1.807, 2.05) is 0 Å². The molecule has 0 bridgehead atoms. The molecule has 0 aliphatic carbocycles.